The first-order valence-corrected chi connectivity index (χ1v) is 12.1. The molecule has 8 heteroatoms. The van der Waals surface area contributed by atoms with Gasteiger partial charge in [-0.05, 0) is 68.2 Å². The van der Waals surface area contributed by atoms with Crippen LogP contribution in [0.1, 0.15) is 55.7 Å². The summed E-state index contributed by atoms with van der Waals surface area (Å²) in [6.07, 6.45) is 4.58. The number of fused-ring (bicyclic) bond motifs is 5. The minimum absolute atomic E-state index is 0.0436. The van der Waals surface area contributed by atoms with Gasteiger partial charge in [-0.15, -0.1) is 5.10 Å². The van der Waals surface area contributed by atoms with Gasteiger partial charge in [0.25, 0.3) is 0 Å². The molecule has 3 aliphatic carbocycles. The number of carbonyl (C=O) groups excluding carboxylic acids is 1. The van der Waals surface area contributed by atoms with E-state index in [0.717, 1.165) is 42.5 Å². The fourth-order valence-corrected chi connectivity index (χ4v) is 6.71. The summed E-state index contributed by atoms with van der Waals surface area (Å²) in [6.45, 7) is 5.78. The van der Waals surface area contributed by atoms with Crippen molar-refractivity contribution < 1.29 is 18.7 Å². The highest BCUT2D eigenvalue weighted by Gasteiger charge is 2.58. The molecule has 2 amide bonds. The van der Waals surface area contributed by atoms with Crippen LogP contribution in [-0.2, 0) is 5.41 Å². The van der Waals surface area contributed by atoms with Gasteiger partial charge in [-0.3, -0.25) is 0 Å². The number of aliphatic hydroxyl groups is 1. The summed E-state index contributed by atoms with van der Waals surface area (Å²) in [5.41, 5.74) is 2.62. The molecule has 0 radical (unpaired) electrons. The first-order valence-electron chi connectivity index (χ1n) is 12.1. The second-order valence-corrected chi connectivity index (χ2v) is 10.3. The molecule has 1 aliphatic heterocycles. The van der Waals surface area contributed by atoms with Crippen molar-refractivity contribution in [2.24, 2.45) is 5.92 Å². The van der Waals surface area contributed by atoms with E-state index in [4.69, 9.17) is 0 Å². The Hall–Kier alpha value is -2.87. The van der Waals surface area contributed by atoms with E-state index >= 15 is 0 Å². The summed E-state index contributed by atoms with van der Waals surface area (Å²) >= 11 is 0. The Morgan fingerprint density at radius 1 is 1.21 bits per heavy atom. The number of amides is 2. The monoisotopic (exact) mass is 466 g/mol. The van der Waals surface area contributed by atoms with E-state index in [1.165, 1.54) is 18.2 Å². The van der Waals surface area contributed by atoms with Crippen molar-refractivity contribution >= 4 is 6.03 Å². The minimum Gasteiger partial charge on any atom is -0.393 e. The fraction of sp³-hybridized carbons (Fsp3) is 0.500. The lowest BCUT2D eigenvalue weighted by molar-refractivity contribution is 0.0608. The molecule has 1 unspecified atom stereocenters. The van der Waals surface area contributed by atoms with Crippen molar-refractivity contribution in [1.29, 1.82) is 0 Å². The van der Waals surface area contributed by atoms with E-state index in [1.54, 1.807) is 6.07 Å². The average Bonchev–Trinajstić information content (AvgIpc) is 3.27. The molecule has 6 nitrogen and oxygen atoms in total. The van der Waals surface area contributed by atoms with Crippen LogP contribution in [0.25, 0.3) is 11.3 Å². The highest BCUT2D eigenvalue weighted by atomic mass is 19.1. The Labute approximate surface area is 197 Å². The maximum absolute atomic E-state index is 14.4. The van der Waals surface area contributed by atoms with E-state index in [2.05, 4.69) is 22.1 Å². The summed E-state index contributed by atoms with van der Waals surface area (Å²) in [6, 6.07) is 5.55. The van der Waals surface area contributed by atoms with Crippen LogP contribution in [0.5, 0.6) is 0 Å². The molecular weight excluding hydrogens is 438 g/mol. The third-order valence-corrected chi connectivity index (χ3v) is 8.51. The third kappa shape index (κ3) is 3.11. The number of piperidine rings is 1. The molecule has 2 heterocycles. The quantitative estimate of drug-likeness (QED) is 0.669. The Morgan fingerprint density at radius 3 is 2.71 bits per heavy atom. The second-order valence-electron chi connectivity index (χ2n) is 10.3. The number of aliphatic hydroxyl groups excluding tert-OH is 1. The van der Waals surface area contributed by atoms with Crippen molar-refractivity contribution in [2.75, 3.05) is 13.1 Å². The molecule has 4 aliphatic rings. The number of urea groups is 1. The highest BCUT2D eigenvalue weighted by Crippen LogP contribution is 2.63. The third-order valence-electron chi connectivity index (χ3n) is 8.51. The van der Waals surface area contributed by atoms with E-state index < -0.39 is 11.6 Å². The second kappa shape index (κ2) is 7.83. The van der Waals surface area contributed by atoms with Gasteiger partial charge in [0.1, 0.15) is 11.6 Å². The molecule has 2 aromatic rings. The van der Waals surface area contributed by atoms with E-state index in [1.807, 2.05) is 4.90 Å². The number of hydrogen-bond acceptors (Lipinski definition) is 4. The molecule has 178 valence electrons. The molecule has 2 N–H and O–H groups in total. The molecule has 1 aromatic carbocycles. The first kappa shape index (κ1) is 21.6. The molecule has 2 saturated carbocycles. The molecule has 2 bridgehead atoms. The van der Waals surface area contributed by atoms with Crippen LogP contribution in [0.3, 0.4) is 0 Å². The van der Waals surface area contributed by atoms with Crippen LogP contribution in [0.4, 0.5) is 13.6 Å². The molecule has 34 heavy (non-hydrogen) atoms. The molecule has 0 spiro atoms. The number of likely N-dealkylation sites (tertiary alicyclic amines) is 1. The normalized spacial score (nSPS) is 31.9. The maximum atomic E-state index is 14.4. The summed E-state index contributed by atoms with van der Waals surface area (Å²) < 4.78 is 28.8. The van der Waals surface area contributed by atoms with Gasteiger partial charge in [0.2, 0.25) is 0 Å². The van der Waals surface area contributed by atoms with Crippen molar-refractivity contribution in [1.82, 2.24) is 20.4 Å². The maximum Gasteiger partial charge on any atom is 0.317 e. The van der Waals surface area contributed by atoms with Crippen LogP contribution in [-0.4, -0.2) is 51.5 Å². The molecule has 3 atom stereocenters. The van der Waals surface area contributed by atoms with Gasteiger partial charge in [-0.1, -0.05) is 18.2 Å². The number of allylic oxidation sites excluding steroid dienone is 1. The SMILES string of the molecule is C=C1[C@H]2CC[C@]1(C1CCCN(C(=O)NC3CC(O)C3)C1)c1nnc(-c3c(F)cccc3F)cc12. The first-order chi connectivity index (χ1) is 16.4. The predicted octanol–water partition coefficient (Wildman–Crippen LogP) is 4.05. The molecule has 3 fully saturated rings. The number of carbonyl (C=O) groups is 1. The van der Waals surface area contributed by atoms with E-state index in [-0.39, 0.29) is 46.7 Å². The number of benzene rings is 1. The summed E-state index contributed by atoms with van der Waals surface area (Å²) in [5, 5.41) is 21.4. The zero-order chi connectivity index (χ0) is 23.6. The Kier molecular flexibility index (Phi) is 4.99. The predicted molar refractivity (Wildman–Crippen MR) is 122 cm³/mol. The van der Waals surface area contributed by atoms with Crippen LogP contribution in [0.2, 0.25) is 0 Å². The molecule has 6 rings (SSSR count). The number of nitrogens with zero attached hydrogens (tertiary/aromatic N) is 3. The van der Waals surface area contributed by atoms with Gasteiger partial charge in [-0.2, -0.15) is 5.10 Å². The zero-order valence-corrected chi connectivity index (χ0v) is 18.9. The zero-order valence-electron chi connectivity index (χ0n) is 18.9. The molecule has 1 saturated heterocycles. The lowest BCUT2D eigenvalue weighted by Gasteiger charge is -2.43. The summed E-state index contributed by atoms with van der Waals surface area (Å²) in [7, 11) is 0. The standard InChI is InChI=1S/C26H28F2N4O2/c1-14-18-7-8-26(14,15-4-3-9-32(13-15)25(34)29-16-10-17(33)11-16)24-19(18)12-22(30-31-24)23-20(27)5-2-6-21(23)28/h2,5-6,12,15-18,33H,1,3-4,7-11,13H2,(H,29,34)/t15?,16?,17?,18-,26+/m1/s1. The Bertz CT molecular complexity index is 1160. The van der Waals surface area contributed by atoms with Crippen molar-refractivity contribution in [3.63, 3.8) is 0 Å². The van der Waals surface area contributed by atoms with Gasteiger partial charge in [-0.25, -0.2) is 13.6 Å². The molecule has 1 aromatic heterocycles. The summed E-state index contributed by atoms with van der Waals surface area (Å²) in [4.78, 5) is 14.8. The van der Waals surface area contributed by atoms with Gasteiger partial charge < -0.3 is 15.3 Å². The number of halogens is 2. The lowest BCUT2D eigenvalue weighted by Crippen LogP contribution is -2.55. The Morgan fingerprint density at radius 2 is 1.97 bits per heavy atom. The largest absolute Gasteiger partial charge is 0.393 e. The van der Waals surface area contributed by atoms with Crippen molar-refractivity contribution in [3.05, 3.63) is 59.3 Å². The smallest absolute Gasteiger partial charge is 0.317 e. The van der Waals surface area contributed by atoms with Gasteiger partial charge in [0, 0.05) is 30.5 Å². The Balaban J connectivity index is 1.30. The summed E-state index contributed by atoms with van der Waals surface area (Å²) in [5.74, 6) is -1.04. The van der Waals surface area contributed by atoms with Crippen LogP contribution in [0.15, 0.2) is 36.4 Å². The number of hydrogen-bond donors (Lipinski definition) is 2. The van der Waals surface area contributed by atoms with Gasteiger partial charge >= 0.3 is 6.03 Å². The van der Waals surface area contributed by atoms with Crippen LogP contribution in [0, 0.1) is 17.6 Å². The minimum atomic E-state index is -0.654. The number of nitrogens with one attached hydrogen (secondary N) is 1. The van der Waals surface area contributed by atoms with Crippen molar-refractivity contribution in [2.45, 2.75) is 62.0 Å². The van der Waals surface area contributed by atoms with Crippen LogP contribution >= 0.6 is 0 Å². The van der Waals surface area contributed by atoms with Crippen molar-refractivity contribution in [3.8, 4) is 11.3 Å². The van der Waals surface area contributed by atoms with Crippen LogP contribution < -0.4 is 5.32 Å². The fourth-order valence-electron chi connectivity index (χ4n) is 6.71. The molecular formula is C26H28F2N4O2. The topological polar surface area (TPSA) is 78.4 Å². The van der Waals surface area contributed by atoms with E-state index in [9.17, 15) is 18.7 Å². The lowest BCUT2D eigenvalue weighted by atomic mass is 9.67. The number of rotatable bonds is 3. The average molecular weight is 467 g/mol. The number of aromatic nitrogens is 2. The van der Waals surface area contributed by atoms with E-state index in [0.29, 0.717) is 25.9 Å². The highest BCUT2D eigenvalue weighted by molar-refractivity contribution is 5.75. The van der Waals surface area contributed by atoms with Gasteiger partial charge in [0.05, 0.1) is 23.1 Å². The van der Waals surface area contributed by atoms with Gasteiger partial charge in [0.15, 0.2) is 0 Å².